The van der Waals surface area contributed by atoms with E-state index in [-0.39, 0.29) is 0 Å². The van der Waals surface area contributed by atoms with Gasteiger partial charge in [0.2, 0.25) is 0 Å². The van der Waals surface area contributed by atoms with Crippen LogP contribution in [0, 0.1) is 6.92 Å². The van der Waals surface area contributed by atoms with Crippen molar-refractivity contribution in [3.63, 3.8) is 0 Å². The summed E-state index contributed by atoms with van der Waals surface area (Å²) >= 11 is 6.13. The van der Waals surface area contributed by atoms with Crippen molar-refractivity contribution in [1.82, 2.24) is 5.32 Å². The molecule has 0 spiro atoms. The highest BCUT2D eigenvalue weighted by atomic mass is 35.5. The van der Waals surface area contributed by atoms with Gasteiger partial charge in [0.25, 0.3) is 0 Å². The van der Waals surface area contributed by atoms with Crippen molar-refractivity contribution in [2.45, 2.75) is 25.7 Å². The fourth-order valence-corrected chi connectivity index (χ4v) is 2.66. The molecule has 3 rings (SSSR count). The molecule has 0 saturated carbocycles. The Morgan fingerprint density at radius 2 is 2.00 bits per heavy atom. The third kappa shape index (κ3) is 2.07. The number of nitrogens with one attached hydrogen (secondary N) is 1. The van der Waals surface area contributed by atoms with Crippen molar-refractivity contribution < 1.29 is 4.42 Å². The van der Waals surface area contributed by atoms with E-state index in [1.54, 1.807) is 0 Å². The molecule has 0 atom stereocenters. The Labute approximate surface area is 106 Å². The Morgan fingerprint density at radius 1 is 1.24 bits per heavy atom. The van der Waals surface area contributed by atoms with E-state index in [0.29, 0.717) is 5.92 Å². The smallest absolute Gasteiger partial charge is 0.134 e. The molecule has 1 N–H and O–H groups in total. The molecule has 2 nitrogen and oxygen atoms in total. The van der Waals surface area contributed by atoms with Gasteiger partial charge in [0.15, 0.2) is 0 Å². The molecule has 0 aliphatic carbocycles. The number of aryl methyl sites for hydroxylation is 1. The van der Waals surface area contributed by atoms with Gasteiger partial charge in [-0.1, -0.05) is 11.6 Å². The Morgan fingerprint density at radius 3 is 2.76 bits per heavy atom. The van der Waals surface area contributed by atoms with Gasteiger partial charge in [-0.25, -0.2) is 0 Å². The second-order valence-electron chi connectivity index (χ2n) is 4.81. The highest BCUT2D eigenvalue weighted by Gasteiger charge is 2.19. The van der Waals surface area contributed by atoms with Crippen LogP contribution in [-0.2, 0) is 0 Å². The van der Waals surface area contributed by atoms with Crippen LogP contribution in [0.4, 0.5) is 0 Å². The van der Waals surface area contributed by atoms with Crippen molar-refractivity contribution in [1.29, 1.82) is 0 Å². The maximum Gasteiger partial charge on any atom is 0.134 e. The Hall–Kier alpha value is -0.990. The molecule has 1 saturated heterocycles. The second kappa shape index (κ2) is 4.35. The molecule has 2 heterocycles. The van der Waals surface area contributed by atoms with Crippen LogP contribution in [-0.4, -0.2) is 13.1 Å². The number of hydrogen-bond donors (Lipinski definition) is 1. The molecular weight excluding hydrogens is 234 g/mol. The van der Waals surface area contributed by atoms with E-state index in [1.807, 2.05) is 19.1 Å². The van der Waals surface area contributed by atoms with E-state index in [1.165, 1.54) is 0 Å². The van der Waals surface area contributed by atoms with E-state index in [4.69, 9.17) is 16.0 Å². The van der Waals surface area contributed by atoms with Crippen molar-refractivity contribution in [2.24, 2.45) is 0 Å². The fraction of sp³-hybridized carbons (Fsp3) is 0.429. The lowest BCUT2D eigenvalue weighted by atomic mass is 9.95. The summed E-state index contributed by atoms with van der Waals surface area (Å²) in [5.41, 5.74) is 2.03. The predicted octanol–water partition coefficient (Wildman–Crippen LogP) is 3.86. The van der Waals surface area contributed by atoms with Gasteiger partial charge in [-0.05, 0) is 56.6 Å². The molecule has 17 heavy (non-hydrogen) atoms. The van der Waals surface area contributed by atoms with Crippen LogP contribution < -0.4 is 5.32 Å². The summed E-state index contributed by atoms with van der Waals surface area (Å²) in [7, 11) is 0. The summed E-state index contributed by atoms with van der Waals surface area (Å²) in [6.07, 6.45) is 2.32. The first-order valence-electron chi connectivity index (χ1n) is 6.14. The van der Waals surface area contributed by atoms with Gasteiger partial charge in [-0.3, -0.25) is 0 Å². The lowest BCUT2D eigenvalue weighted by Gasteiger charge is -2.20. The predicted molar refractivity (Wildman–Crippen MR) is 70.8 cm³/mol. The minimum Gasteiger partial charge on any atom is -0.461 e. The summed E-state index contributed by atoms with van der Waals surface area (Å²) in [4.78, 5) is 0. The molecule has 1 fully saturated rings. The number of fused-ring (bicyclic) bond motifs is 1. The summed E-state index contributed by atoms with van der Waals surface area (Å²) in [6, 6.07) is 6.18. The fourth-order valence-electron chi connectivity index (χ4n) is 2.49. The summed E-state index contributed by atoms with van der Waals surface area (Å²) < 4.78 is 5.96. The van der Waals surface area contributed by atoms with Crippen molar-refractivity contribution >= 4 is 22.6 Å². The topological polar surface area (TPSA) is 25.2 Å². The number of piperidine rings is 1. The number of benzene rings is 1. The van der Waals surface area contributed by atoms with Gasteiger partial charge < -0.3 is 9.73 Å². The standard InChI is InChI=1S/C14H16ClNO/c1-9-6-13-11(7-12(9)15)8-14(17-13)10-2-4-16-5-3-10/h6-8,10,16H,2-5H2,1H3. The summed E-state index contributed by atoms with van der Waals surface area (Å²) in [6.45, 7) is 4.18. The van der Waals surface area contributed by atoms with E-state index in [0.717, 1.165) is 53.2 Å². The van der Waals surface area contributed by atoms with Gasteiger partial charge in [-0.2, -0.15) is 0 Å². The molecule has 0 unspecified atom stereocenters. The lowest BCUT2D eigenvalue weighted by molar-refractivity contribution is 0.397. The first-order valence-corrected chi connectivity index (χ1v) is 6.52. The van der Waals surface area contributed by atoms with Crippen LogP contribution in [0.3, 0.4) is 0 Å². The van der Waals surface area contributed by atoms with Crippen LogP contribution in [0.5, 0.6) is 0 Å². The average Bonchev–Trinajstić information content (AvgIpc) is 2.74. The van der Waals surface area contributed by atoms with Crippen LogP contribution in [0.25, 0.3) is 11.0 Å². The van der Waals surface area contributed by atoms with Crippen LogP contribution in [0.2, 0.25) is 5.02 Å². The van der Waals surface area contributed by atoms with Crippen LogP contribution in [0.1, 0.15) is 30.1 Å². The first-order chi connectivity index (χ1) is 8.24. The van der Waals surface area contributed by atoms with Gasteiger partial charge in [0.1, 0.15) is 11.3 Å². The van der Waals surface area contributed by atoms with E-state index in [2.05, 4.69) is 11.4 Å². The van der Waals surface area contributed by atoms with Crippen molar-refractivity contribution in [3.05, 3.63) is 34.5 Å². The van der Waals surface area contributed by atoms with Crippen LogP contribution in [0.15, 0.2) is 22.6 Å². The van der Waals surface area contributed by atoms with Crippen LogP contribution >= 0.6 is 11.6 Å². The zero-order chi connectivity index (χ0) is 11.8. The maximum atomic E-state index is 6.13. The van der Waals surface area contributed by atoms with Crippen molar-refractivity contribution in [3.8, 4) is 0 Å². The molecule has 2 aromatic rings. The van der Waals surface area contributed by atoms with Gasteiger partial charge in [-0.15, -0.1) is 0 Å². The molecule has 1 aromatic heterocycles. The van der Waals surface area contributed by atoms with Gasteiger partial charge in [0.05, 0.1) is 0 Å². The Kier molecular flexibility index (Phi) is 2.85. The monoisotopic (exact) mass is 249 g/mol. The molecule has 0 amide bonds. The number of rotatable bonds is 1. The quantitative estimate of drug-likeness (QED) is 0.830. The SMILES string of the molecule is Cc1cc2oc(C3CCNCC3)cc2cc1Cl. The number of halogens is 1. The van der Waals surface area contributed by atoms with E-state index in [9.17, 15) is 0 Å². The highest BCUT2D eigenvalue weighted by Crippen LogP contribution is 2.32. The molecule has 0 radical (unpaired) electrons. The zero-order valence-corrected chi connectivity index (χ0v) is 10.7. The third-order valence-corrected chi connectivity index (χ3v) is 3.97. The number of furan rings is 1. The molecule has 1 aliphatic rings. The highest BCUT2D eigenvalue weighted by molar-refractivity contribution is 6.32. The van der Waals surface area contributed by atoms with E-state index >= 15 is 0 Å². The average molecular weight is 250 g/mol. The third-order valence-electron chi connectivity index (χ3n) is 3.56. The van der Waals surface area contributed by atoms with Gasteiger partial charge in [0, 0.05) is 16.3 Å². The molecule has 1 aliphatic heterocycles. The van der Waals surface area contributed by atoms with E-state index < -0.39 is 0 Å². The first kappa shape index (κ1) is 11.1. The Balaban J connectivity index is 2.00. The Bertz CT molecular complexity index is 501. The molecule has 90 valence electrons. The lowest BCUT2D eigenvalue weighted by Crippen LogP contribution is -2.26. The molecule has 0 bridgehead atoms. The van der Waals surface area contributed by atoms with Gasteiger partial charge >= 0.3 is 0 Å². The minimum atomic E-state index is 0.558. The second-order valence-corrected chi connectivity index (χ2v) is 5.22. The summed E-state index contributed by atoms with van der Waals surface area (Å²) in [5.74, 6) is 1.67. The normalized spacial score (nSPS) is 17.8. The zero-order valence-electron chi connectivity index (χ0n) is 9.92. The summed E-state index contributed by atoms with van der Waals surface area (Å²) in [5, 5.41) is 5.31. The van der Waals surface area contributed by atoms with Crippen molar-refractivity contribution in [2.75, 3.05) is 13.1 Å². The molecule has 1 aromatic carbocycles. The number of hydrogen-bond acceptors (Lipinski definition) is 2. The molecular formula is C14H16ClNO. The largest absolute Gasteiger partial charge is 0.461 e. The molecule has 3 heteroatoms. The maximum absolute atomic E-state index is 6.13. The minimum absolute atomic E-state index is 0.558.